The van der Waals surface area contributed by atoms with Gasteiger partial charge in [-0.1, -0.05) is 41.0 Å². The fourth-order valence-corrected chi connectivity index (χ4v) is 2.87. The van der Waals surface area contributed by atoms with Gasteiger partial charge in [-0.3, -0.25) is 4.57 Å². The summed E-state index contributed by atoms with van der Waals surface area (Å²) in [6.45, 7) is 2.46. The van der Waals surface area contributed by atoms with Gasteiger partial charge < -0.3 is 0 Å². The van der Waals surface area contributed by atoms with Crippen molar-refractivity contribution >= 4 is 35.0 Å². The van der Waals surface area contributed by atoms with Crippen molar-refractivity contribution in [3.05, 3.63) is 38.5 Å². The number of pyridine rings is 1. The summed E-state index contributed by atoms with van der Waals surface area (Å²) in [5.74, 6) is 0.577. The summed E-state index contributed by atoms with van der Waals surface area (Å²) in [5, 5.41) is 7.73. The van der Waals surface area contributed by atoms with E-state index in [1.807, 2.05) is 13.0 Å². The number of H-pyrrole nitrogens is 1. The molecule has 0 saturated heterocycles. The molecular weight excluding hydrogens is 295 g/mol. The maximum absolute atomic E-state index is 11.4. The first-order valence-electron chi connectivity index (χ1n) is 5.20. The second-order valence-corrected chi connectivity index (χ2v) is 5.12. The van der Waals surface area contributed by atoms with Crippen LogP contribution in [0.1, 0.15) is 12.5 Å². The van der Waals surface area contributed by atoms with Crippen LogP contribution in [0.15, 0.2) is 22.1 Å². The lowest BCUT2D eigenvalue weighted by Crippen LogP contribution is -2.16. The minimum absolute atomic E-state index is 0.208. The summed E-state index contributed by atoms with van der Waals surface area (Å²) in [6, 6.07) is 3.49. The zero-order valence-corrected chi connectivity index (χ0v) is 11.8. The Labute approximate surface area is 118 Å². The Morgan fingerprint density at radius 2 is 2.22 bits per heavy atom. The average molecular weight is 305 g/mol. The third kappa shape index (κ3) is 2.88. The third-order valence-electron chi connectivity index (χ3n) is 2.29. The van der Waals surface area contributed by atoms with Crippen molar-refractivity contribution in [1.82, 2.24) is 19.7 Å². The molecule has 2 rings (SSSR count). The molecule has 0 unspecified atom stereocenters. The Hall–Kier alpha value is -0.980. The maximum Gasteiger partial charge on any atom is 0.343 e. The minimum atomic E-state index is -0.208. The van der Waals surface area contributed by atoms with Crippen LogP contribution in [0.5, 0.6) is 0 Å². The van der Waals surface area contributed by atoms with Crippen LogP contribution in [0.2, 0.25) is 10.3 Å². The van der Waals surface area contributed by atoms with Crippen LogP contribution in [0.25, 0.3) is 0 Å². The van der Waals surface area contributed by atoms with Gasteiger partial charge in [-0.25, -0.2) is 14.9 Å². The van der Waals surface area contributed by atoms with Gasteiger partial charge >= 0.3 is 5.69 Å². The van der Waals surface area contributed by atoms with Gasteiger partial charge in [0.2, 0.25) is 0 Å². The molecule has 0 aliphatic rings. The van der Waals surface area contributed by atoms with Gasteiger partial charge in [-0.05, 0) is 18.6 Å². The van der Waals surface area contributed by atoms with E-state index in [1.54, 1.807) is 10.6 Å². The lowest BCUT2D eigenvalue weighted by molar-refractivity contribution is 0.660. The molecule has 2 aromatic rings. The molecule has 0 bridgehead atoms. The van der Waals surface area contributed by atoms with Crippen LogP contribution in [0.3, 0.4) is 0 Å². The summed E-state index contributed by atoms with van der Waals surface area (Å²) in [6.07, 6.45) is 0. The maximum atomic E-state index is 11.4. The highest BCUT2D eigenvalue weighted by atomic mass is 35.5. The van der Waals surface area contributed by atoms with Crippen LogP contribution < -0.4 is 5.69 Å². The fraction of sp³-hybridized carbons (Fsp3) is 0.300. The first-order chi connectivity index (χ1) is 8.61. The van der Waals surface area contributed by atoms with Gasteiger partial charge in [0.05, 0.1) is 0 Å². The molecule has 2 heterocycles. The summed E-state index contributed by atoms with van der Waals surface area (Å²) >= 11 is 13.1. The molecule has 0 spiro atoms. The molecule has 0 aliphatic carbocycles. The van der Waals surface area contributed by atoms with Crippen molar-refractivity contribution in [2.75, 3.05) is 0 Å². The topological polar surface area (TPSA) is 63.6 Å². The normalized spacial score (nSPS) is 10.8. The second-order valence-electron chi connectivity index (χ2n) is 3.43. The molecule has 0 fully saturated rings. The van der Waals surface area contributed by atoms with Gasteiger partial charge in [0, 0.05) is 12.3 Å². The van der Waals surface area contributed by atoms with E-state index in [4.69, 9.17) is 23.2 Å². The quantitative estimate of drug-likeness (QED) is 0.696. The van der Waals surface area contributed by atoms with Crippen molar-refractivity contribution in [3.63, 3.8) is 0 Å². The number of nitrogens with zero attached hydrogens (tertiary/aromatic N) is 3. The van der Waals surface area contributed by atoms with Crippen LogP contribution in [-0.2, 0) is 12.3 Å². The minimum Gasteiger partial charge on any atom is -0.270 e. The number of thioether (sulfide) groups is 1. The summed E-state index contributed by atoms with van der Waals surface area (Å²) in [7, 11) is 0. The molecule has 8 heteroatoms. The number of nitrogens with one attached hydrogen (secondary N) is 1. The smallest absolute Gasteiger partial charge is 0.270 e. The molecule has 5 nitrogen and oxygen atoms in total. The Morgan fingerprint density at radius 3 is 2.89 bits per heavy atom. The van der Waals surface area contributed by atoms with Crippen LogP contribution in [0, 0.1) is 0 Å². The highest BCUT2D eigenvalue weighted by Crippen LogP contribution is 2.24. The van der Waals surface area contributed by atoms with E-state index in [0.717, 1.165) is 5.56 Å². The molecular formula is C10H10Cl2N4OS. The molecule has 0 amide bonds. The number of hydrogen-bond acceptors (Lipinski definition) is 4. The Balaban J connectivity index is 2.14. The van der Waals surface area contributed by atoms with E-state index in [2.05, 4.69) is 15.2 Å². The largest absolute Gasteiger partial charge is 0.343 e. The lowest BCUT2D eigenvalue weighted by Gasteiger charge is -2.04. The van der Waals surface area contributed by atoms with E-state index in [1.165, 1.54) is 11.8 Å². The average Bonchev–Trinajstić information content (AvgIpc) is 2.69. The van der Waals surface area contributed by atoms with Crippen molar-refractivity contribution in [3.8, 4) is 0 Å². The number of aromatic amines is 1. The van der Waals surface area contributed by atoms with E-state index in [-0.39, 0.29) is 5.69 Å². The van der Waals surface area contributed by atoms with Crippen molar-refractivity contribution in [2.45, 2.75) is 24.4 Å². The molecule has 18 heavy (non-hydrogen) atoms. The van der Waals surface area contributed by atoms with Gasteiger partial charge in [0.1, 0.15) is 10.3 Å². The van der Waals surface area contributed by atoms with Gasteiger partial charge in [-0.15, -0.1) is 5.10 Å². The molecule has 2 aromatic heterocycles. The van der Waals surface area contributed by atoms with Crippen molar-refractivity contribution in [2.24, 2.45) is 0 Å². The number of halogens is 2. The van der Waals surface area contributed by atoms with Crippen molar-refractivity contribution in [1.29, 1.82) is 0 Å². The van der Waals surface area contributed by atoms with Gasteiger partial charge in [-0.2, -0.15) is 0 Å². The van der Waals surface area contributed by atoms with Crippen LogP contribution in [0.4, 0.5) is 0 Å². The first kappa shape index (κ1) is 13.5. The Morgan fingerprint density at radius 1 is 1.44 bits per heavy atom. The highest BCUT2D eigenvalue weighted by Gasteiger charge is 2.09. The highest BCUT2D eigenvalue weighted by molar-refractivity contribution is 7.98. The summed E-state index contributed by atoms with van der Waals surface area (Å²) < 4.78 is 1.56. The summed E-state index contributed by atoms with van der Waals surface area (Å²) in [5.41, 5.74) is 0.643. The SMILES string of the molecule is CCn1c(SCc2ccc(Cl)nc2Cl)n[nH]c1=O. The van der Waals surface area contributed by atoms with Crippen LogP contribution >= 0.6 is 35.0 Å². The lowest BCUT2D eigenvalue weighted by atomic mass is 10.3. The van der Waals surface area contributed by atoms with E-state index >= 15 is 0 Å². The molecule has 96 valence electrons. The predicted molar refractivity (Wildman–Crippen MR) is 72.3 cm³/mol. The monoisotopic (exact) mass is 304 g/mol. The van der Waals surface area contributed by atoms with E-state index in [0.29, 0.717) is 27.8 Å². The standard InChI is InChI=1S/C10H10Cl2N4OS/c1-2-16-9(17)14-15-10(16)18-5-6-3-4-7(11)13-8(6)12/h3-4H,2,5H2,1H3,(H,14,17). The number of rotatable bonds is 4. The van der Waals surface area contributed by atoms with Gasteiger partial charge in [0.15, 0.2) is 5.16 Å². The zero-order valence-electron chi connectivity index (χ0n) is 9.48. The molecule has 0 aliphatic heterocycles. The number of hydrogen-bond donors (Lipinski definition) is 1. The van der Waals surface area contributed by atoms with Crippen molar-refractivity contribution < 1.29 is 0 Å². The fourth-order valence-electron chi connectivity index (χ4n) is 1.38. The third-order valence-corrected chi connectivity index (χ3v) is 3.85. The molecule has 0 aromatic carbocycles. The van der Waals surface area contributed by atoms with Crippen LogP contribution in [-0.4, -0.2) is 19.7 Å². The zero-order chi connectivity index (χ0) is 13.1. The van der Waals surface area contributed by atoms with E-state index < -0.39 is 0 Å². The second kappa shape index (κ2) is 5.77. The number of aromatic nitrogens is 4. The first-order valence-corrected chi connectivity index (χ1v) is 6.95. The molecule has 0 radical (unpaired) electrons. The predicted octanol–water partition coefficient (Wildman–Crippen LogP) is 2.59. The van der Waals surface area contributed by atoms with E-state index in [9.17, 15) is 4.79 Å². The molecule has 0 atom stereocenters. The molecule has 0 saturated carbocycles. The Kier molecular flexibility index (Phi) is 4.31. The Bertz CT molecular complexity index is 610. The molecule has 1 N–H and O–H groups in total. The van der Waals surface area contributed by atoms with Gasteiger partial charge in [0.25, 0.3) is 0 Å². The summed E-state index contributed by atoms with van der Waals surface area (Å²) in [4.78, 5) is 15.3.